The van der Waals surface area contributed by atoms with Gasteiger partial charge in [-0.3, -0.25) is 19.2 Å². The molecule has 0 aliphatic rings. The van der Waals surface area contributed by atoms with Gasteiger partial charge in [-0.25, -0.2) is 19.2 Å². The Morgan fingerprint density at radius 2 is 0.745 bits per heavy atom. The van der Waals surface area contributed by atoms with Crippen molar-refractivity contribution >= 4 is 152 Å². The van der Waals surface area contributed by atoms with E-state index in [1.807, 2.05) is 41.5 Å². The Bertz CT molecular complexity index is 4940. The number of anilines is 10. The molecule has 0 bridgehead atoms. The standard InChI is InChI=1S/C60H54N24O16S2/c1-59(2,3)43-41(45(61)83(81-43)55-69-51(63-31-12-27(47(89)90)11-28(13-31)48(91)92)67-52(70-55)64-32-14-29(49(93)94)16-35(18-32)97-23-85)75-79-57-77-73-39(101-57)9-7-8-10-40-74-78-58(102-40)80-76-42-44(60(4,5)6)82-84(46(42)62)56-71-53(65-33-15-30(50(95)96)17-36(19-33)98-24-86)68-54(72-56)66-34-20-37(99-25-87)22-38(21-34)100-26-88/h11-26H,7-10,61-62H2,1-6H3,(H,89,90)(H,91,92)(H,93,94)(H,95,96)(H2,63,64,67,69,70)(H2,65,66,68,71,72). The lowest BCUT2D eigenvalue weighted by Gasteiger charge is -2.15. The van der Waals surface area contributed by atoms with Crippen LogP contribution >= 0.6 is 22.7 Å². The molecule has 42 heteroatoms. The maximum atomic E-state index is 12.0. The van der Waals surface area contributed by atoms with Gasteiger partial charge in [0.2, 0.25) is 23.8 Å². The molecule has 102 heavy (non-hydrogen) atoms. The van der Waals surface area contributed by atoms with Crippen molar-refractivity contribution in [2.75, 3.05) is 32.7 Å². The Morgan fingerprint density at radius 3 is 1.06 bits per heavy atom. The van der Waals surface area contributed by atoms with Crippen LogP contribution in [-0.2, 0) is 42.8 Å². The quantitative estimate of drug-likeness (QED) is 0.0110. The van der Waals surface area contributed by atoms with Gasteiger partial charge in [-0.2, -0.15) is 49.5 Å². The molecule has 6 heterocycles. The fraction of sp³-hybridized carbons (Fsp3) is 0.200. The highest BCUT2D eigenvalue weighted by Crippen LogP contribution is 2.41. The summed E-state index contributed by atoms with van der Waals surface area (Å²) in [6.45, 7) is 11.6. The molecule has 0 radical (unpaired) electrons. The monoisotopic (exact) mass is 1430 g/mol. The first kappa shape index (κ1) is 71.0. The highest BCUT2D eigenvalue weighted by molar-refractivity contribution is 7.15. The van der Waals surface area contributed by atoms with Crippen LogP contribution in [0.1, 0.15) is 117 Å². The van der Waals surface area contributed by atoms with Crippen molar-refractivity contribution in [2.45, 2.75) is 78.1 Å². The van der Waals surface area contributed by atoms with E-state index in [4.69, 9.17) is 40.6 Å². The summed E-state index contributed by atoms with van der Waals surface area (Å²) in [7, 11) is 0. The molecular formula is C60H54N24O16S2. The van der Waals surface area contributed by atoms with E-state index in [0.29, 0.717) is 47.1 Å². The number of nitrogens with two attached hydrogens (primary N) is 2. The molecule has 12 N–H and O–H groups in total. The van der Waals surface area contributed by atoms with Crippen LogP contribution in [0.3, 0.4) is 0 Å². The molecule has 6 aromatic heterocycles. The second kappa shape index (κ2) is 30.3. The van der Waals surface area contributed by atoms with E-state index in [1.165, 1.54) is 69.8 Å². The molecule has 10 rings (SSSR count). The van der Waals surface area contributed by atoms with Gasteiger partial charge in [-0.15, -0.1) is 40.9 Å². The molecule has 0 saturated carbocycles. The molecule has 4 aromatic carbocycles. The summed E-state index contributed by atoms with van der Waals surface area (Å²) in [4.78, 5) is 120. The summed E-state index contributed by atoms with van der Waals surface area (Å²) >= 11 is 2.36. The van der Waals surface area contributed by atoms with Crippen LogP contribution in [0.25, 0.3) is 11.9 Å². The lowest BCUT2D eigenvalue weighted by atomic mass is 9.91. The van der Waals surface area contributed by atoms with Gasteiger partial charge in [-0.05, 0) is 55.3 Å². The topological polar surface area (TPSA) is 569 Å². The Hall–Kier alpha value is -13.8. The van der Waals surface area contributed by atoms with Crippen molar-refractivity contribution in [1.82, 2.24) is 69.9 Å². The summed E-state index contributed by atoms with van der Waals surface area (Å²) < 4.78 is 22.1. The number of carboxylic acid groups (broad SMARTS) is 4. The smallest absolute Gasteiger partial charge is 0.335 e. The van der Waals surface area contributed by atoms with E-state index >= 15 is 0 Å². The number of aromatic carboxylic acids is 4. The normalized spacial score (nSPS) is 11.5. The number of ether oxygens (including phenoxy) is 4. The number of nitrogen functional groups attached to an aromatic ring is 2. The zero-order valence-corrected chi connectivity index (χ0v) is 55.4. The molecule has 0 aliphatic carbocycles. The van der Waals surface area contributed by atoms with Gasteiger partial charge in [0, 0.05) is 76.8 Å². The van der Waals surface area contributed by atoms with Crippen molar-refractivity contribution in [3.63, 3.8) is 0 Å². The number of aromatic nitrogens is 14. The number of carbonyl (C=O) groups excluding carboxylic acids is 4. The third-order valence-corrected chi connectivity index (χ3v) is 15.4. The van der Waals surface area contributed by atoms with Crippen LogP contribution in [0, 0.1) is 0 Å². The summed E-state index contributed by atoms with van der Waals surface area (Å²) in [6.07, 6.45) is 2.26. The first-order chi connectivity index (χ1) is 48.6. The van der Waals surface area contributed by atoms with Gasteiger partial charge < -0.3 is 72.1 Å². The first-order valence-electron chi connectivity index (χ1n) is 29.5. The van der Waals surface area contributed by atoms with E-state index in [2.05, 4.69) is 92.0 Å². The van der Waals surface area contributed by atoms with Crippen LogP contribution in [0.15, 0.2) is 93.3 Å². The maximum Gasteiger partial charge on any atom is 0.335 e. The molecule has 0 atom stereocenters. The van der Waals surface area contributed by atoms with Crippen LogP contribution in [0.5, 0.6) is 23.0 Å². The van der Waals surface area contributed by atoms with Gasteiger partial charge in [0.1, 0.15) is 33.0 Å². The van der Waals surface area contributed by atoms with Crippen LogP contribution in [0.2, 0.25) is 0 Å². The fourth-order valence-corrected chi connectivity index (χ4v) is 10.6. The SMILES string of the molecule is CC(C)(C)c1nn(-c2nc(Nc3cc(OC=O)cc(OC=O)c3)nc(Nc3cc(OC=O)cc(C(=O)O)c3)n2)c(N)c1N=Nc1nnc(CCCCc2nnc(N=Nc3c(C(C)(C)C)nn(-c4nc(Nc5cc(OC=O)cc(C(=O)O)c5)nc(Nc5cc(C(=O)O)cc(C(=O)O)c5)n4)c3N)s2)s1. The highest BCUT2D eigenvalue weighted by atomic mass is 32.1. The average Bonchev–Trinajstić information content (AvgIpc) is 1.67. The van der Waals surface area contributed by atoms with E-state index in [9.17, 15) is 58.8 Å². The number of aryl methyl sites for hydroxylation is 2. The molecule has 522 valence electrons. The molecule has 40 nitrogen and oxygen atoms in total. The predicted octanol–water partition coefficient (Wildman–Crippen LogP) is 9.19. The lowest BCUT2D eigenvalue weighted by molar-refractivity contribution is -0.121. The maximum absolute atomic E-state index is 12.0. The summed E-state index contributed by atoms with van der Waals surface area (Å²) in [6, 6.07) is 14.5. The largest absolute Gasteiger partial charge is 0.478 e. The molecule has 0 fully saturated rings. The van der Waals surface area contributed by atoms with Crippen molar-refractivity contribution in [2.24, 2.45) is 20.5 Å². The minimum atomic E-state index is -1.43. The second-order valence-corrected chi connectivity index (χ2v) is 25.3. The minimum Gasteiger partial charge on any atom is -0.478 e. The van der Waals surface area contributed by atoms with E-state index < -0.39 is 34.7 Å². The molecule has 0 aliphatic heterocycles. The number of hydrogen-bond donors (Lipinski definition) is 10. The van der Waals surface area contributed by atoms with Crippen LogP contribution in [0.4, 0.5) is 79.8 Å². The molecular weight excluding hydrogens is 1380 g/mol. The predicted molar refractivity (Wildman–Crippen MR) is 358 cm³/mol. The van der Waals surface area contributed by atoms with Gasteiger partial charge in [0.05, 0.1) is 33.6 Å². The fourth-order valence-electron chi connectivity index (χ4n) is 9.20. The van der Waals surface area contributed by atoms with Gasteiger partial charge in [0.25, 0.3) is 48.0 Å². The molecule has 0 spiro atoms. The van der Waals surface area contributed by atoms with Crippen molar-refractivity contribution < 1.29 is 77.7 Å². The molecule has 10 aromatic rings. The number of benzene rings is 4. The number of unbranched alkanes of at least 4 members (excludes halogenated alkanes) is 1. The van der Waals surface area contributed by atoms with E-state index in [1.54, 1.807) is 0 Å². The zero-order valence-electron chi connectivity index (χ0n) is 53.8. The Labute approximate surface area is 580 Å². The first-order valence-corrected chi connectivity index (χ1v) is 31.1. The van der Waals surface area contributed by atoms with E-state index in [0.717, 1.165) is 35.0 Å². The summed E-state index contributed by atoms with van der Waals surface area (Å²) in [5, 5.41) is 96.4. The van der Waals surface area contributed by atoms with Crippen molar-refractivity contribution in [3.8, 4) is 34.9 Å². The number of nitrogens with one attached hydrogen (secondary N) is 4. The number of carboxylic acids is 4. The number of carbonyl (C=O) groups is 8. The minimum absolute atomic E-state index is 0.0271. The van der Waals surface area contributed by atoms with Gasteiger partial charge >= 0.3 is 23.9 Å². The lowest BCUT2D eigenvalue weighted by Crippen LogP contribution is -2.15. The molecule has 0 unspecified atom stereocenters. The second-order valence-electron chi connectivity index (χ2n) is 23.2. The van der Waals surface area contributed by atoms with Gasteiger partial charge in [0.15, 0.2) is 23.0 Å². The van der Waals surface area contributed by atoms with Crippen molar-refractivity contribution in [1.29, 1.82) is 0 Å². The third-order valence-electron chi connectivity index (χ3n) is 13.6. The highest BCUT2D eigenvalue weighted by Gasteiger charge is 2.31. The molecule has 0 amide bonds. The van der Waals surface area contributed by atoms with E-state index in [-0.39, 0.29) is 163 Å². The van der Waals surface area contributed by atoms with Crippen molar-refractivity contribution in [3.05, 3.63) is 116 Å². The Kier molecular flexibility index (Phi) is 21.1. The number of rotatable bonds is 31. The average molecular weight is 1430 g/mol. The summed E-state index contributed by atoms with van der Waals surface area (Å²) in [5.41, 5.74) is 11.9. The van der Waals surface area contributed by atoms with Gasteiger partial charge in [-0.1, -0.05) is 64.2 Å². The number of azo groups is 2. The number of nitrogens with zero attached hydrogens (tertiary/aromatic N) is 18. The number of hydrogen-bond acceptors (Lipinski definition) is 36. The van der Waals surface area contributed by atoms with Crippen LogP contribution < -0.4 is 51.7 Å². The Morgan fingerprint density at radius 1 is 0.441 bits per heavy atom. The zero-order chi connectivity index (χ0) is 73.2. The Balaban J connectivity index is 0.852. The summed E-state index contributed by atoms with van der Waals surface area (Å²) in [5.74, 6) is -7.56. The van der Waals surface area contributed by atoms with Crippen LogP contribution in [-0.4, -0.2) is 140 Å². The third kappa shape index (κ3) is 17.5. The molecule has 0 saturated heterocycles.